The summed E-state index contributed by atoms with van der Waals surface area (Å²) in [5.74, 6) is -0.135. The quantitative estimate of drug-likeness (QED) is 0.0553. The first kappa shape index (κ1) is 35.9. The average Bonchev–Trinajstić information content (AvgIpc) is 3.87. The highest BCUT2D eigenvalue weighted by Crippen LogP contribution is 2.39. The van der Waals surface area contributed by atoms with Gasteiger partial charge in [0.2, 0.25) is 0 Å². The van der Waals surface area contributed by atoms with Crippen LogP contribution in [0.3, 0.4) is 0 Å². The standard InChI is InChI=1S/C32H18N8O12S4/c41-51-52-53-13-1-5-17-21(9-13)29-33-25(17)35-30-23-11-15(55(45,46)47)3-7-19(23)27(37-30)39-32-24-12-16(56(48,49)50)4-8-20(24)28(40-32)38-31-22-10-14(54(42,43)44)2-6-18(22)26(34-29)36-31/h1-12,41H,(H,42,43,44)(H,45,46,47)(H,48,49,50)(H2,33,34,35,36,37,38,39,40). The molecule has 0 amide bonds. The maximum atomic E-state index is 12.2. The molecule has 0 fully saturated rings. The minimum absolute atomic E-state index is 0.0211. The van der Waals surface area contributed by atoms with Gasteiger partial charge in [-0.15, -0.1) is 4.33 Å². The zero-order valence-corrected chi connectivity index (χ0v) is 30.6. The van der Waals surface area contributed by atoms with E-state index in [1.165, 1.54) is 18.2 Å². The number of fused-ring (bicyclic) bond motifs is 20. The molecule has 20 nitrogen and oxygen atoms in total. The fraction of sp³-hybridized carbons (Fsp3) is 0. The van der Waals surface area contributed by atoms with Crippen LogP contribution in [0.4, 0.5) is 0 Å². The number of hydrogen-bond acceptors (Lipinski definition) is 16. The van der Waals surface area contributed by atoms with Crippen molar-refractivity contribution in [3.05, 3.63) is 72.8 Å². The first-order valence-corrected chi connectivity index (χ1v) is 20.6. The van der Waals surface area contributed by atoms with Gasteiger partial charge >= 0.3 is 0 Å². The summed E-state index contributed by atoms with van der Waals surface area (Å²) in [5, 5.41) is 13.8. The van der Waals surface area contributed by atoms with E-state index < -0.39 is 45.0 Å². The van der Waals surface area contributed by atoms with Crippen LogP contribution in [0, 0.1) is 0 Å². The fourth-order valence-electron chi connectivity index (χ4n) is 6.30. The van der Waals surface area contributed by atoms with Crippen molar-refractivity contribution in [3.63, 3.8) is 0 Å². The molecule has 5 heterocycles. The average molecular weight is 835 g/mol. The Hall–Kier alpha value is -5.80. The van der Waals surface area contributed by atoms with Gasteiger partial charge in [-0.1, -0.05) is 5.04 Å². The molecule has 0 radical (unpaired) electrons. The topological polar surface area (TPSA) is 311 Å². The van der Waals surface area contributed by atoms with Crippen molar-refractivity contribution in [1.82, 2.24) is 39.9 Å². The Morgan fingerprint density at radius 2 is 0.857 bits per heavy atom. The van der Waals surface area contributed by atoms with E-state index in [4.69, 9.17) is 15.2 Å². The smallest absolute Gasteiger partial charge is 0.294 e. The lowest BCUT2D eigenvalue weighted by Crippen LogP contribution is -1.98. The van der Waals surface area contributed by atoms with Crippen molar-refractivity contribution in [2.24, 2.45) is 0 Å². The molecule has 3 aromatic heterocycles. The van der Waals surface area contributed by atoms with Gasteiger partial charge < -0.3 is 9.97 Å². The van der Waals surface area contributed by atoms with Gasteiger partial charge in [-0.3, -0.25) is 13.7 Å². The van der Waals surface area contributed by atoms with E-state index in [2.05, 4.69) is 39.3 Å². The Balaban J connectivity index is 1.47. The molecule has 0 saturated carbocycles. The summed E-state index contributed by atoms with van der Waals surface area (Å²) in [6.45, 7) is 0. The predicted octanol–water partition coefficient (Wildman–Crippen LogP) is 5.04. The Kier molecular flexibility index (Phi) is 8.08. The summed E-state index contributed by atoms with van der Waals surface area (Å²) in [5.41, 5.74) is 1.19. The Morgan fingerprint density at radius 1 is 0.464 bits per heavy atom. The van der Waals surface area contributed by atoms with E-state index in [-0.39, 0.29) is 73.3 Å². The molecule has 24 heteroatoms. The van der Waals surface area contributed by atoms with Gasteiger partial charge in [0.1, 0.15) is 22.6 Å². The second-order valence-corrected chi connectivity index (χ2v) is 17.1. The van der Waals surface area contributed by atoms with Gasteiger partial charge in [0.05, 0.1) is 26.7 Å². The van der Waals surface area contributed by atoms with Crippen LogP contribution in [0.25, 0.3) is 89.7 Å². The normalized spacial score (nSPS) is 12.9. The first-order valence-electron chi connectivity index (χ1n) is 15.5. The molecule has 56 heavy (non-hydrogen) atoms. The molecule has 0 spiro atoms. The van der Waals surface area contributed by atoms with E-state index in [0.717, 1.165) is 36.4 Å². The molecule has 2 aliphatic rings. The van der Waals surface area contributed by atoms with Crippen LogP contribution < -0.4 is 0 Å². The lowest BCUT2D eigenvalue weighted by Gasteiger charge is -2.02. The summed E-state index contributed by atoms with van der Waals surface area (Å²) in [7, 11) is -14.1. The number of aromatic amines is 2. The third kappa shape index (κ3) is 6.14. The van der Waals surface area contributed by atoms with Crippen LogP contribution in [-0.4, -0.2) is 84.0 Å². The lowest BCUT2D eigenvalue weighted by molar-refractivity contribution is -0.432. The number of nitrogens with zero attached hydrogens (tertiary/aromatic N) is 6. The number of hydrogen-bond donors (Lipinski definition) is 6. The highest BCUT2D eigenvalue weighted by atomic mass is 32.2. The minimum atomic E-state index is -4.71. The van der Waals surface area contributed by atoms with Gasteiger partial charge in [-0.05, 0) is 72.8 Å². The van der Waals surface area contributed by atoms with Gasteiger partial charge in [0.25, 0.3) is 30.4 Å². The van der Waals surface area contributed by atoms with Gasteiger partial charge in [0, 0.05) is 48.7 Å². The SMILES string of the molecule is O=S(=O)(O)c1ccc2c(c1)-c1nc-2nc2[nH]c(nc3nc(nc4[nH]c(n1)c1ccc(SOOO)cc41)-c1ccc(S(=O)(=O)O)cc1-3)c1ccc(S(=O)(=O)O)cc21. The van der Waals surface area contributed by atoms with Crippen LogP contribution >= 0.6 is 12.0 Å². The van der Waals surface area contributed by atoms with Crippen LogP contribution in [0.2, 0.25) is 0 Å². The molecule has 0 aliphatic carbocycles. The minimum Gasteiger partial charge on any atom is -0.324 e. The maximum Gasteiger partial charge on any atom is 0.294 e. The summed E-state index contributed by atoms with van der Waals surface area (Å²) < 4.78 is 107. The third-order valence-electron chi connectivity index (χ3n) is 8.77. The van der Waals surface area contributed by atoms with Gasteiger partial charge in [-0.2, -0.15) is 25.3 Å². The number of rotatable bonds is 6. The van der Waals surface area contributed by atoms with E-state index in [0.29, 0.717) is 33.3 Å². The second-order valence-electron chi connectivity index (χ2n) is 12.1. The van der Waals surface area contributed by atoms with Crippen molar-refractivity contribution in [1.29, 1.82) is 0 Å². The number of aromatic nitrogens is 8. The highest BCUT2D eigenvalue weighted by molar-refractivity contribution is 7.94. The Morgan fingerprint density at radius 3 is 1.32 bits per heavy atom. The molecule has 0 unspecified atom stereocenters. The van der Waals surface area contributed by atoms with Crippen LogP contribution in [0.1, 0.15) is 0 Å². The molecule has 4 aromatic carbocycles. The van der Waals surface area contributed by atoms with Crippen molar-refractivity contribution in [2.75, 3.05) is 0 Å². The molecule has 282 valence electrons. The molecule has 0 atom stereocenters. The van der Waals surface area contributed by atoms with Crippen molar-refractivity contribution >= 4 is 86.5 Å². The Labute approximate surface area is 316 Å². The monoisotopic (exact) mass is 834 g/mol. The van der Waals surface area contributed by atoms with Crippen molar-refractivity contribution in [3.8, 4) is 45.6 Å². The molecular formula is C32H18N8O12S4. The summed E-state index contributed by atoms with van der Waals surface area (Å²) in [6, 6.07) is 15.8. The fourth-order valence-corrected chi connectivity index (χ4v) is 8.22. The zero-order valence-electron chi connectivity index (χ0n) is 27.3. The Bertz CT molecular complexity index is 3370. The zero-order chi connectivity index (χ0) is 39.3. The first-order chi connectivity index (χ1) is 26.5. The molecule has 0 saturated heterocycles. The van der Waals surface area contributed by atoms with Crippen LogP contribution in [-0.2, 0) is 39.7 Å². The third-order valence-corrected chi connectivity index (χ3v) is 11.9. The molecule has 2 aliphatic heterocycles. The molecular weight excluding hydrogens is 817 g/mol. The summed E-state index contributed by atoms with van der Waals surface area (Å²) >= 11 is 0.669. The predicted molar refractivity (Wildman–Crippen MR) is 196 cm³/mol. The number of H-pyrrole nitrogens is 2. The van der Waals surface area contributed by atoms with Gasteiger partial charge in [0.15, 0.2) is 23.3 Å². The van der Waals surface area contributed by atoms with Crippen LogP contribution in [0.15, 0.2) is 92.4 Å². The van der Waals surface area contributed by atoms with E-state index in [1.807, 2.05) is 0 Å². The maximum absolute atomic E-state index is 12.2. The van der Waals surface area contributed by atoms with Crippen molar-refractivity contribution < 1.29 is 53.5 Å². The molecule has 8 bridgehead atoms. The van der Waals surface area contributed by atoms with Crippen molar-refractivity contribution in [2.45, 2.75) is 19.6 Å². The van der Waals surface area contributed by atoms with Gasteiger partial charge in [-0.25, -0.2) is 35.2 Å². The molecule has 7 aromatic rings. The highest BCUT2D eigenvalue weighted by Gasteiger charge is 2.26. The summed E-state index contributed by atoms with van der Waals surface area (Å²) in [4.78, 5) is 33.2. The largest absolute Gasteiger partial charge is 0.324 e. The lowest BCUT2D eigenvalue weighted by atomic mass is 10.1. The second kappa shape index (κ2) is 12.6. The number of benzene rings is 4. The molecule has 6 N–H and O–H groups in total. The molecule has 9 rings (SSSR count). The van der Waals surface area contributed by atoms with E-state index in [9.17, 15) is 38.9 Å². The van der Waals surface area contributed by atoms with E-state index >= 15 is 0 Å². The number of nitrogens with one attached hydrogen (secondary N) is 2. The van der Waals surface area contributed by atoms with E-state index in [1.54, 1.807) is 18.2 Å². The van der Waals surface area contributed by atoms with Crippen LogP contribution in [0.5, 0.6) is 0 Å². The summed E-state index contributed by atoms with van der Waals surface area (Å²) in [6.07, 6.45) is 0.